The molecule has 1 heterocycles. The summed E-state index contributed by atoms with van der Waals surface area (Å²) >= 11 is 1.16. The third kappa shape index (κ3) is 6.94. The van der Waals surface area contributed by atoms with Crippen LogP contribution in [0.15, 0.2) is 53.6 Å². The van der Waals surface area contributed by atoms with Gasteiger partial charge in [-0.1, -0.05) is 42.1 Å². The molecule has 1 aliphatic rings. The molecule has 12 heteroatoms. The van der Waals surface area contributed by atoms with Gasteiger partial charge in [-0.25, -0.2) is 13.8 Å². The van der Waals surface area contributed by atoms with E-state index in [0.717, 1.165) is 35.5 Å². The van der Waals surface area contributed by atoms with Gasteiger partial charge < -0.3 is 15.4 Å². The van der Waals surface area contributed by atoms with Crippen molar-refractivity contribution in [2.45, 2.75) is 50.9 Å². The van der Waals surface area contributed by atoms with Gasteiger partial charge in [0.25, 0.3) is 5.91 Å². The summed E-state index contributed by atoms with van der Waals surface area (Å²) in [5.74, 6) is -2.40. The third-order valence-corrected chi connectivity index (χ3v) is 7.27. The third-order valence-electron chi connectivity index (χ3n) is 5.83. The molecule has 3 rings (SSSR count). The molecule has 2 aromatic rings. The Labute approximate surface area is 224 Å². The van der Waals surface area contributed by atoms with Gasteiger partial charge in [-0.05, 0) is 50.1 Å². The molecule has 1 aliphatic heterocycles. The van der Waals surface area contributed by atoms with Crippen molar-refractivity contribution in [3.8, 4) is 0 Å². The van der Waals surface area contributed by atoms with Crippen LogP contribution >= 0.6 is 11.8 Å². The Morgan fingerprint density at radius 1 is 1.08 bits per heavy atom. The number of carbonyl (C=O) groups is 3. The first-order valence-electron chi connectivity index (χ1n) is 12.0. The van der Waals surface area contributed by atoms with Crippen LogP contribution < -0.4 is 16.0 Å². The molecule has 2 unspecified atom stereocenters. The van der Waals surface area contributed by atoms with Gasteiger partial charge >= 0.3 is 0 Å². The number of hydrazone groups is 1. The maximum atomic E-state index is 14.8. The summed E-state index contributed by atoms with van der Waals surface area (Å²) in [6.45, 7) is 4.60. The van der Waals surface area contributed by atoms with Crippen LogP contribution in [0.5, 0.6) is 0 Å². The first-order chi connectivity index (χ1) is 18.1. The van der Waals surface area contributed by atoms with Crippen molar-refractivity contribution in [1.29, 1.82) is 0 Å². The molecular formula is C26H31F2N5O4S. The van der Waals surface area contributed by atoms with Gasteiger partial charge in [-0.15, -0.1) is 0 Å². The van der Waals surface area contributed by atoms with Crippen molar-refractivity contribution < 1.29 is 27.9 Å². The number of rotatable bonds is 11. The molecule has 0 spiro atoms. The van der Waals surface area contributed by atoms with Crippen molar-refractivity contribution in [1.82, 2.24) is 21.0 Å². The van der Waals surface area contributed by atoms with Crippen molar-refractivity contribution in [3.05, 3.63) is 71.3 Å². The lowest BCUT2D eigenvalue weighted by atomic mass is 9.99. The van der Waals surface area contributed by atoms with E-state index in [1.807, 2.05) is 30.3 Å². The zero-order chi connectivity index (χ0) is 27.9. The number of amides is 3. The number of hydrogen-bond acceptors (Lipinski definition) is 7. The minimum Gasteiger partial charge on any atom is -0.372 e. The van der Waals surface area contributed by atoms with Crippen LogP contribution in [-0.2, 0) is 24.0 Å². The molecule has 0 fully saturated rings. The first-order valence-corrected chi connectivity index (χ1v) is 12.8. The van der Waals surface area contributed by atoms with E-state index in [4.69, 9.17) is 4.74 Å². The number of thioether (sulfide) groups is 1. The lowest BCUT2D eigenvalue weighted by molar-refractivity contribution is -0.144. The van der Waals surface area contributed by atoms with E-state index < -0.39 is 34.8 Å². The predicted molar refractivity (Wildman–Crippen MR) is 141 cm³/mol. The van der Waals surface area contributed by atoms with Gasteiger partial charge in [0.2, 0.25) is 11.8 Å². The van der Waals surface area contributed by atoms with Gasteiger partial charge in [0, 0.05) is 26.5 Å². The Balaban J connectivity index is 1.96. The second-order valence-electron chi connectivity index (χ2n) is 8.70. The highest BCUT2D eigenvalue weighted by atomic mass is 32.2. The van der Waals surface area contributed by atoms with Crippen LogP contribution in [0.3, 0.4) is 0 Å². The number of ether oxygens (including phenoxy) is 1. The fourth-order valence-electron chi connectivity index (χ4n) is 3.97. The van der Waals surface area contributed by atoms with Gasteiger partial charge in [0.15, 0.2) is 6.29 Å². The lowest BCUT2D eigenvalue weighted by Gasteiger charge is -2.37. The average Bonchev–Trinajstić information content (AvgIpc) is 3.27. The number of benzene rings is 2. The molecule has 0 radical (unpaired) electrons. The minimum absolute atomic E-state index is 0.0508. The standard InChI is InChI=1S/C26H31F2N5O4S/c1-16(37-4)24(36)33-26(19-9-6-5-7-10-19,13-8-14-29-25(30-17(2)34)31-18(3)35)38-23(32-33)21-15-20(27)11-12-22(21)28/h5-7,9-12,15-16,25,29H,8,13-14H2,1-4H3,(H,30,34)(H,31,35). The van der Waals surface area contributed by atoms with Crippen LogP contribution in [0, 0.1) is 11.6 Å². The molecule has 9 nitrogen and oxygen atoms in total. The highest BCUT2D eigenvalue weighted by Crippen LogP contribution is 2.50. The van der Waals surface area contributed by atoms with Crippen LogP contribution in [-0.4, -0.2) is 53.8 Å². The number of methoxy groups -OCH3 is 1. The number of nitrogens with zero attached hydrogens (tertiary/aromatic N) is 2. The van der Waals surface area contributed by atoms with Crippen LogP contribution in [0.2, 0.25) is 0 Å². The van der Waals surface area contributed by atoms with Crippen LogP contribution in [0.1, 0.15) is 44.7 Å². The second kappa shape index (κ2) is 12.9. The molecule has 38 heavy (non-hydrogen) atoms. The van der Waals surface area contributed by atoms with Crippen LogP contribution in [0.25, 0.3) is 0 Å². The summed E-state index contributed by atoms with van der Waals surface area (Å²) < 4.78 is 34.1. The number of nitrogens with one attached hydrogen (secondary N) is 3. The molecule has 2 aromatic carbocycles. The minimum atomic E-state index is -1.10. The van der Waals surface area contributed by atoms with Gasteiger partial charge in [-0.2, -0.15) is 5.10 Å². The van der Waals surface area contributed by atoms with Gasteiger partial charge in [-0.3, -0.25) is 19.7 Å². The molecule has 0 saturated heterocycles. The zero-order valence-corrected chi connectivity index (χ0v) is 22.4. The van der Waals surface area contributed by atoms with E-state index in [-0.39, 0.29) is 22.4 Å². The summed E-state index contributed by atoms with van der Waals surface area (Å²) in [6, 6.07) is 12.3. The normalized spacial score (nSPS) is 17.8. The van der Waals surface area contributed by atoms with Crippen LogP contribution in [0.4, 0.5) is 8.78 Å². The molecule has 0 bridgehead atoms. The Hall–Kier alpha value is -3.35. The monoisotopic (exact) mass is 547 g/mol. The van der Waals surface area contributed by atoms with Gasteiger partial charge in [0.1, 0.15) is 27.7 Å². The van der Waals surface area contributed by atoms with E-state index in [9.17, 15) is 23.2 Å². The SMILES string of the molecule is COC(C)C(=O)N1N=C(c2cc(F)ccc2F)SC1(CCCNC(NC(C)=O)NC(C)=O)c1ccccc1. The highest BCUT2D eigenvalue weighted by molar-refractivity contribution is 8.15. The largest absolute Gasteiger partial charge is 0.372 e. The molecular weight excluding hydrogens is 516 g/mol. The Kier molecular flexibility index (Phi) is 9.95. The summed E-state index contributed by atoms with van der Waals surface area (Å²) in [6.07, 6.45) is -0.834. The maximum absolute atomic E-state index is 14.8. The van der Waals surface area contributed by atoms with Crippen molar-refractivity contribution >= 4 is 34.5 Å². The topological polar surface area (TPSA) is 112 Å². The molecule has 204 valence electrons. The first kappa shape index (κ1) is 29.2. The molecule has 0 saturated carbocycles. The number of carbonyl (C=O) groups excluding carboxylic acids is 3. The maximum Gasteiger partial charge on any atom is 0.273 e. The van der Waals surface area contributed by atoms with Crippen molar-refractivity contribution in [2.24, 2.45) is 5.10 Å². The van der Waals surface area contributed by atoms with Crippen molar-refractivity contribution in [3.63, 3.8) is 0 Å². The Morgan fingerprint density at radius 2 is 1.74 bits per heavy atom. The Bertz CT molecular complexity index is 1180. The van der Waals surface area contributed by atoms with Crippen molar-refractivity contribution in [2.75, 3.05) is 13.7 Å². The molecule has 2 atom stereocenters. The summed E-state index contributed by atoms with van der Waals surface area (Å²) in [7, 11) is 1.40. The second-order valence-corrected chi connectivity index (χ2v) is 9.97. The number of halogens is 2. The van der Waals surface area contributed by atoms with E-state index in [1.165, 1.54) is 26.0 Å². The van der Waals surface area contributed by atoms with E-state index in [1.54, 1.807) is 6.92 Å². The van der Waals surface area contributed by atoms with E-state index in [0.29, 0.717) is 19.4 Å². The Morgan fingerprint density at radius 3 is 2.34 bits per heavy atom. The smallest absolute Gasteiger partial charge is 0.273 e. The van der Waals surface area contributed by atoms with Gasteiger partial charge in [0.05, 0.1) is 0 Å². The fraction of sp³-hybridized carbons (Fsp3) is 0.385. The highest BCUT2D eigenvalue weighted by Gasteiger charge is 2.49. The summed E-state index contributed by atoms with van der Waals surface area (Å²) in [5, 5.41) is 14.2. The predicted octanol–water partition coefficient (Wildman–Crippen LogP) is 3.02. The molecule has 0 aromatic heterocycles. The molecule has 3 N–H and O–H groups in total. The van der Waals surface area contributed by atoms with E-state index in [2.05, 4.69) is 21.1 Å². The number of hydrogen-bond donors (Lipinski definition) is 3. The zero-order valence-electron chi connectivity index (χ0n) is 21.6. The summed E-state index contributed by atoms with van der Waals surface area (Å²) in [4.78, 5) is 35.4. The average molecular weight is 548 g/mol. The molecule has 0 aliphatic carbocycles. The fourth-order valence-corrected chi connectivity index (χ4v) is 5.39. The summed E-state index contributed by atoms with van der Waals surface area (Å²) in [5.41, 5.74) is 0.683. The quantitative estimate of drug-likeness (QED) is 0.295. The molecule has 3 amide bonds. The van der Waals surface area contributed by atoms with E-state index >= 15 is 0 Å². The lowest BCUT2D eigenvalue weighted by Crippen LogP contribution is -2.56.